The molecule has 0 spiro atoms. The number of piperazine rings is 1. The van der Waals surface area contributed by atoms with Gasteiger partial charge in [-0.1, -0.05) is 22.0 Å². The van der Waals surface area contributed by atoms with Crippen molar-refractivity contribution < 1.29 is 4.79 Å². The molecule has 2 atom stereocenters. The summed E-state index contributed by atoms with van der Waals surface area (Å²) in [6, 6.07) is 6.39. The van der Waals surface area contributed by atoms with E-state index in [0.717, 1.165) is 28.7 Å². The van der Waals surface area contributed by atoms with Gasteiger partial charge in [-0.15, -0.1) is 12.4 Å². The Morgan fingerprint density at radius 3 is 2.79 bits per heavy atom. The molecular formula is C14H20BrClN2O. The third kappa shape index (κ3) is 3.50. The predicted octanol–water partition coefficient (Wildman–Crippen LogP) is 3.00. The first-order valence-corrected chi connectivity index (χ1v) is 7.09. The van der Waals surface area contributed by atoms with E-state index < -0.39 is 0 Å². The van der Waals surface area contributed by atoms with E-state index in [9.17, 15) is 4.79 Å². The number of nitrogens with zero attached hydrogens (tertiary/aromatic N) is 1. The first-order chi connectivity index (χ1) is 8.50. The van der Waals surface area contributed by atoms with Crippen LogP contribution in [0.2, 0.25) is 0 Å². The Bertz CT molecular complexity index is 467. The SMILES string of the molecule is Cc1c(Br)cccc1C(=O)N1CC(C)NCC1C.Cl. The fraction of sp³-hybridized carbons (Fsp3) is 0.500. The van der Waals surface area contributed by atoms with Crippen LogP contribution in [0.3, 0.4) is 0 Å². The highest BCUT2D eigenvalue weighted by atomic mass is 79.9. The second kappa shape index (κ2) is 6.73. The number of nitrogens with one attached hydrogen (secondary N) is 1. The normalized spacial score (nSPS) is 22.8. The number of carbonyl (C=O) groups excluding carboxylic acids is 1. The van der Waals surface area contributed by atoms with Crippen molar-refractivity contribution in [3.8, 4) is 0 Å². The van der Waals surface area contributed by atoms with Gasteiger partial charge in [-0.05, 0) is 38.5 Å². The quantitative estimate of drug-likeness (QED) is 0.847. The van der Waals surface area contributed by atoms with Crippen molar-refractivity contribution >= 4 is 34.2 Å². The zero-order chi connectivity index (χ0) is 13.3. The Kier molecular flexibility index (Phi) is 5.83. The summed E-state index contributed by atoms with van der Waals surface area (Å²) in [5.41, 5.74) is 1.81. The summed E-state index contributed by atoms with van der Waals surface area (Å²) < 4.78 is 0.990. The van der Waals surface area contributed by atoms with Crippen molar-refractivity contribution in [3.05, 3.63) is 33.8 Å². The number of benzene rings is 1. The van der Waals surface area contributed by atoms with Gasteiger partial charge in [0.25, 0.3) is 5.91 Å². The molecule has 106 valence electrons. The zero-order valence-corrected chi connectivity index (χ0v) is 13.8. The molecular weight excluding hydrogens is 328 g/mol. The Hall–Kier alpha value is -0.580. The molecule has 2 rings (SSSR count). The van der Waals surface area contributed by atoms with E-state index in [4.69, 9.17) is 0 Å². The number of amides is 1. The molecule has 1 aromatic rings. The molecule has 1 fully saturated rings. The fourth-order valence-electron chi connectivity index (χ4n) is 2.30. The highest BCUT2D eigenvalue weighted by Crippen LogP contribution is 2.22. The molecule has 3 nitrogen and oxygen atoms in total. The molecule has 1 aromatic carbocycles. The van der Waals surface area contributed by atoms with Crippen LogP contribution in [0.25, 0.3) is 0 Å². The summed E-state index contributed by atoms with van der Waals surface area (Å²) >= 11 is 3.48. The van der Waals surface area contributed by atoms with Gasteiger partial charge in [0, 0.05) is 35.2 Å². The molecule has 0 radical (unpaired) electrons. The van der Waals surface area contributed by atoms with Crippen molar-refractivity contribution in [1.82, 2.24) is 10.2 Å². The van der Waals surface area contributed by atoms with Crippen LogP contribution in [0.4, 0.5) is 0 Å². The molecule has 1 N–H and O–H groups in total. The Morgan fingerprint density at radius 1 is 1.42 bits per heavy atom. The minimum absolute atomic E-state index is 0. The summed E-state index contributed by atoms with van der Waals surface area (Å²) in [6.45, 7) is 7.81. The van der Waals surface area contributed by atoms with Crippen LogP contribution in [0.1, 0.15) is 29.8 Å². The topological polar surface area (TPSA) is 32.3 Å². The van der Waals surface area contributed by atoms with E-state index in [0.29, 0.717) is 6.04 Å². The number of hydrogen-bond donors (Lipinski definition) is 1. The average molecular weight is 348 g/mol. The third-order valence-corrected chi connectivity index (χ3v) is 4.38. The monoisotopic (exact) mass is 346 g/mol. The fourth-order valence-corrected chi connectivity index (χ4v) is 2.66. The van der Waals surface area contributed by atoms with E-state index in [-0.39, 0.29) is 24.4 Å². The van der Waals surface area contributed by atoms with Crippen molar-refractivity contribution in [2.75, 3.05) is 13.1 Å². The van der Waals surface area contributed by atoms with Crippen molar-refractivity contribution in [2.45, 2.75) is 32.9 Å². The second-order valence-electron chi connectivity index (χ2n) is 5.03. The molecule has 0 saturated carbocycles. The van der Waals surface area contributed by atoms with Crippen molar-refractivity contribution in [3.63, 3.8) is 0 Å². The lowest BCUT2D eigenvalue weighted by Crippen LogP contribution is -2.56. The molecule has 19 heavy (non-hydrogen) atoms. The standard InChI is InChI=1S/C14H19BrN2O.ClH/c1-9-8-17(10(2)7-16-9)14(18)12-5-4-6-13(15)11(12)3;/h4-6,9-10,16H,7-8H2,1-3H3;1H. The van der Waals surface area contributed by atoms with Crippen LogP contribution in [-0.2, 0) is 0 Å². The summed E-state index contributed by atoms with van der Waals surface area (Å²) in [5.74, 6) is 0.134. The van der Waals surface area contributed by atoms with Gasteiger partial charge in [0.2, 0.25) is 0 Å². The van der Waals surface area contributed by atoms with E-state index in [1.807, 2.05) is 30.0 Å². The van der Waals surface area contributed by atoms with Crippen molar-refractivity contribution in [2.24, 2.45) is 0 Å². The Labute approximate surface area is 129 Å². The van der Waals surface area contributed by atoms with Crippen LogP contribution in [0.15, 0.2) is 22.7 Å². The molecule has 0 bridgehead atoms. The van der Waals surface area contributed by atoms with Crippen LogP contribution < -0.4 is 5.32 Å². The maximum atomic E-state index is 12.6. The predicted molar refractivity (Wildman–Crippen MR) is 84.1 cm³/mol. The maximum absolute atomic E-state index is 12.6. The summed E-state index contributed by atoms with van der Waals surface area (Å²) in [5, 5.41) is 3.39. The molecule has 0 aliphatic carbocycles. The van der Waals surface area contributed by atoms with Gasteiger partial charge >= 0.3 is 0 Å². The third-order valence-electron chi connectivity index (χ3n) is 3.52. The smallest absolute Gasteiger partial charge is 0.254 e. The number of rotatable bonds is 1. The highest BCUT2D eigenvalue weighted by Gasteiger charge is 2.28. The van der Waals surface area contributed by atoms with Crippen LogP contribution in [-0.4, -0.2) is 36.0 Å². The molecule has 2 unspecified atom stereocenters. The van der Waals surface area contributed by atoms with E-state index in [1.165, 1.54) is 0 Å². The molecule has 0 aromatic heterocycles. The number of halogens is 2. The molecule has 1 aliphatic heterocycles. The zero-order valence-electron chi connectivity index (χ0n) is 11.4. The van der Waals surface area contributed by atoms with Gasteiger partial charge in [-0.25, -0.2) is 0 Å². The Morgan fingerprint density at radius 2 is 2.11 bits per heavy atom. The summed E-state index contributed by atoms with van der Waals surface area (Å²) in [7, 11) is 0. The minimum atomic E-state index is 0. The van der Waals surface area contributed by atoms with Crippen LogP contribution >= 0.6 is 28.3 Å². The van der Waals surface area contributed by atoms with E-state index >= 15 is 0 Å². The highest BCUT2D eigenvalue weighted by molar-refractivity contribution is 9.10. The van der Waals surface area contributed by atoms with Gasteiger partial charge in [-0.3, -0.25) is 4.79 Å². The molecule has 1 heterocycles. The first-order valence-electron chi connectivity index (χ1n) is 6.30. The van der Waals surface area contributed by atoms with E-state index in [2.05, 4.69) is 35.1 Å². The maximum Gasteiger partial charge on any atom is 0.254 e. The van der Waals surface area contributed by atoms with Gasteiger partial charge in [0.15, 0.2) is 0 Å². The lowest BCUT2D eigenvalue weighted by atomic mass is 10.0. The summed E-state index contributed by atoms with van der Waals surface area (Å²) in [6.07, 6.45) is 0. The second-order valence-corrected chi connectivity index (χ2v) is 5.88. The summed E-state index contributed by atoms with van der Waals surface area (Å²) in [4.78, 5) is 14.6. The number of carbonyl (C=O) groups is 1. The van der Waals surface area contributed by atoms with E-state index in [1.54, 1.807) is 0 Å². The van der Waals surface area contributed by atoms with Gasteiger partial charge in [0.1, 0.15) is 0 Å². The van der Waals surface area contributed by atoms with Gasteiger partial charge in [0.05, 0.1) is 0 Å². The van der Waals surface area contributed by atoms with Crippen LogP contribution in [0.5, 0.6) is 0 Å². The van der Waals surface area contributed by atoms with Gasteiger partial charge < -0.3 is 10.2 Å². The first kappa shape index (κ1) is 16.5. The van der Waals surface area contributed by atoms with Crippen molar-refractivity contribution in [1.29, 1.82) is 0 Å². The molecule has 1 amide bonds. The number of hydrogen-bond acceptors (Lipinski definition) is 2. The van der Waals surface area contributed by atoms with Crippen LogP contribution in [0, 0.1) is 6.92 Å². The Balaban J connectivity index is 0.00000180. The minimum Gasteiger partial charge on any atom is -0.333 e. The van der Waals surface area contributed by atoms with Gasteiger partial charge in [-0.2, -0.15) is 0 Å². The molecule has 1 saturated heterocycles. The largest absolute Gasteiger partial charge is 0.333 e. The average Bonchev–Trinajstić information content (AvgIpc) is 2.35. The lowest BCUT2D eigenvalue weighted by Gasteiger charge is -2.37. The molecule has 1 aliphatic rings. The lowest BCUT2D eigenvalue weighted by molar-refractivity contribution is 0.0615. The molecule has 5 heteroatoms.